The molecule has 0 aliphatic carbocycles. The minimum atomic E-state index is -3.48. The van der Waals surface area contributed by atoms with E-state index in [0.717, 1.165) is 10.5 Å². The first-order chi connectivity index (χ1) is 10.4. The van der Waals surface area contributed by atoms with Crippen LogP contribution in [0.5, 0.6) is 0 Å². The second-order valence-corrected chi connectivity index (χ2v) is 5.39. The normalized spacial score (nSPS) is 17.3. The Morgan fingerprint density at radius 2 is 1.50 bits per heavy atom. The Bertz CT molecular complexity index is 748. The fourth-order valence-electron chi connectivity index (χ4n) is 2.60. The maximum Gasteiger partial charge on any atom is 0.348 e. The molecular weight excluding hydrogens is 284 g/mol. The topological polar surface area (TPSA) is 20.3 Å². The molecule has 1 amide bonds. The van der Waals surface area contributed by atoms with Crippen molar-refractivity contribution in [1.29, 1.82) is 0 Å². The number of hydrogen-bond acceptors (Lipinski definition) is 1. The molecule has 1 aliphatic rings. The zero-order chi connectivity index (χ0) is 15.9. The van der Waals surface area contributed by atoms with Gasteiger partial charge in [0.05, 0.1) is 5.70 Å². The van der Waals surface area contributed by atoms with Crippen LogP contribution in [-0.4, -0.2) is 11.8 Å². The number of anilines is 1. The largest absolute Gasteiger partial charge is 0.348 e. The first-order valence-corrected chi connectivity index (χ1v) is 6.98. The van der Waals surface area contributed by atoms with Crippen LogP contribution in [0.2, 0.25) is 0 Å². The van der Waals surface area contributed by atoms with Crippen molar-refractivity contribution in [3.05, 3.63) is 71.3 Å². The second kappa shape index (κ2) is 5.05. The van der Waals surface area contributed by atoms with E-state index in [0.29, 0.717) is 11.3 Å². The molecule has 0 saturated carbocycles. The quantitative estimate of drug-likeness (QED) is 0.804. The van der Waals surface area contributed by atoms with Crippen LogP contribution >= 0.6 is 0 Å². The predicted octanol–water partition coefficient (Wildman–Crippen LogP) is 4.41. The average Bonchev–Trinajstić information content (AvgIpc) is 2.70. The van der Waals surface area contributed by atoms with Crippen molar-refractivity contribution < 1.29 is 13.6 Å². The van der Waals surface area contributed by atoms with Crippen molar-refractivity contribution in [3.8, 4) is 0 Å². The SMILES string of the molecule is CC1=C(c2ccccc2)N(c2ccc(C)cc2)C(=O)C1(F)F. The first kappa shape index (κ1) is 14.4. The van der Waals surface area contributed by atoms with Crippen LogP contribution in [0.1, 0.15) is 18.1 Å². The van der Waals surface area contributed by atoms with E-state index in [1.165, 1.54) is 6.92 Å². The molecule has 1 heterocycles. The number of aryl methyl sites for hydroxylation is 1. The Morgan fingerprint density at radius 1 is 0.909 bits per heavy atom. The summed E-state index contributed by atoms with van der Waals surface area (Å²) in [6.45, 7) is 3.22. The zero-order valence-electron chi connectivity index (χ0n) is 12.3. The smallest absolute Gasteiger partial charge is 0.275 e. The Hall–Kier alpha value is -2.49. The van der Waals surface area contributed by atoms with E-state index in [4.69, 9.17) is 0 Å². The lowest BCUT2D eigenvalue weighted by molar-refractivity contribution is -0.135. The Labute approximate surface area is 127 Å². The second-order valence-electron chi connectivity index (χ2n) is 5.39. The van der Waals surface area contributed by atoms with Gasteiger partial charge in [0, 0.05) is 11.3 Å². The third-order valence-corrected chi connectivity index (χ3v) is 3.86. The van der Waals surface area contributed by atoms with Crippen molar-refractivity contribution in [2.75, 3.05) is 4.90 Å². The minimum Gasteiger partial charge on any atom is -0.275 e. The van der Waals surface area contributed by atoms with Crippen LogP contribution in [0.25, 0.3) is 5.70 Å². The third kappa shape index (κ3) is 2.11. The molecule has 0 aromatic heterocycles. The molecule has 112 valence electrons. The maximum absolute atomic E-state index is 14.2. The zero-order valence-corrected chi connectivity index (χ0v) is 12.3. The molecule has 0 saturated heterocycles. The van der Waals surface area contributed by atoms with Gasteiger partial charge in [0.2, 0.25) is 0 Å². The van der Waals surface area contributed by atoms with Crippen LogP contribution in [0.4, 0.5) is 14.5 Å². The summed E-state index contributed by atoms with van der Waals surface area (Å²) >= 11 is 0. The van der Waals surface area contributed by atoms with Gasteiger partial charge in [0.1, 0.15) is 0 Å². The van der Waals surface area contributed by atoms with Crippen LogP contribution in [0.3, 0.4) is 0 Å². The van der Waals surface area contributed by atoms with Crippen molar-refractivity contribution in [3.63, 3.8) is 0 Å². The van der Waals surface area contributed by atoms with Gasteiger partial charge in [-0.1, -0.05) is 48.0 Å². The number of hydrogen-bond donors (Lipinski definition) is 0. The molecule has 0 spiro atoms. The highest BCUT2D eigenvalue weighted by molar-refractivity contribution is 6.16. The summed E-state index contributed by atoms with van der Waals surface area (Å²) in [7, 11) is 0. The summed E-state index contributed by atoms with van der Waals surface area (Å²) in [6, 6.07) is 15.8. The number of benzene rings is 2. The van der Waals surface area contributed by atoms with E-state index in [9.17, 15) is 13.6 Å². The van der Waals surface area contributed by atoms with E-state index in [1.54, 1.807) is 48.5 Å². The van der Waals surface area contributed by atoms with E-state index < -0.39 is 11.8 Å². The number of nitrogens with zero attached hydrogens (tertiary/aromatic N) is 1. The summed E-state index contributed by atoms with van der Waals surface area (Å²) in [5.74, 6) is -4.68. The number of halogens is 2. The Balaban J connectivity index is 2.19. The summed E-state index contributed by atoms with van der Waals surface area (Å²) in [5, 5.41) is 0. The highest BCUT2D eigenvalue weighted by Gasteiger charge is 2.53. The third-order valence-electron chi connectivity index (χ3n) is 3.86. The fraction of sp³-hybridized carbons (Fsp3) is 0.167. The van der Waals surface area contributed by atoms with Crippen LogP contribution in [-0.2, 0) is 4.79 Å². The summed E-state index contributed by atoms with van der Waals surface area (Å²) in [4.78, 5) is 13.4. The van der Waals surface area contributed by atoms with Crippen molar-refractivity contribution >= 4 is 17.3 Å². The molecule has 2 nitrogen and oxygen atoms in total. The average molecular weight is 299 g/mol. The van der Waals surface area contributed by atoms with E-state index in [-0.39, 0.29) is 11.3 Å². The van der Waals surface area contributed by atoms with E-state index in [1.807, 2.05) is 13.0 Å². The first-order valence-electron chi connectivity index (χ1n) is 6.98. The molecule has 2 aromatic carbocycles. The number of amides is 1. The molecule has 0 fully saturated rings. The molecule has 0 bridgehead atoms. The van der Waals surface area contributed by atoms with Gasteiger partial charge in [0.25, 0.3) is 0 Å². The van der Waals surface area contributed by atoms with Crippen molar-refractivity contribution in [2.24, 2.45) is 0 Å². The lowest BCUT2D eigenvalue weighted by Crippen LogP contribution is -2.35. The van der Waals surface area contributed by atoms with E-state index in [2.05, 4.69) is 0 Å². The van der Waals surface area contributed by atoms with Gasteiger partial charge in [-0.05, 0) is 31.5 Å². The van der Waals surface area contributed by atoms with Gasteiger partial charge in [-0.15, -0.1) is 0 Å². The highest BCUT2D eigenvalue weighted by atomic mass is 19.3. The Kier molecular flexibility index (Phi) is 3.32. The highest BCUT2D eigenvalue weighted by Crippen LogP contribution is 2.44. The van der Waals surface area contributed by atoms with Crippen LogP contribution in [0.15, 0.2) is 60.2 Å². The lowest BCUT2D eigenvalue weighted by atomic mass is 10.1. The summed E-state index contributed by atoms with van der Waals surface area (Å²) in [5.41, 5.74) is 2.10. The standard InChI is InChI=1S/C18H15F2NO/c1-12-8-10-15(11-9-12)21-16(14-6-4-3-5-7-14)13(2)18(19,20)17(21)22/h3-11H,1-2H3. The van der Waals surface area contributed by atoms with Gasteiger partial charge in [-0.25, -0.2) is 0 Å². The molecule has 3 rings (SSSR count). The van der Waals surface area contributed by atoms with Gasteiger partial charge < -0.3 is 0 Å². The molecule has 4 heteroatoms. The number of carbonyl (C=O) groups excluding carboxylic acids is 1. The van der Waals surface area contributed by atoms with Crippen LogP contribution < -0.4 is 4.90 Å². The van der Waals surface area contributed by atoms with Gasteiger partial charge in [-0.3, -0.25) is 9.69 Å². The Morgan fingerprint density at radius 3 is 2.09 bits per heavy atom. The lowest BCUT2D eigenvalue weighted by Gasteiger charge is -2.21. The van der Waals surface area contributed by atoms with Gasteiger partial charge >= 0.3 is 11.8 Å². The van der Waals surface area contributed by atoms with Gasteiger partial charge in [-0.2, -0.15) is 8.78 Å². The number of rotatable bonds is 2. The fourth-order valence-corrected chi connectivity index (χ4v) is 2.60. The molecule has 0 N–H and O–H groups in total. The number of carbonyl (C=O) groups is 1. The molecule has 22 heavy (non-hydrogen) atoms. The minimum absolute atomic E-state index is 0.218. The van der Waals surface area contributed by atoms with Crippen molar-refractivity contribution in [2.45, 2.75) is 19.8 Å². The molecule has 0 unspecified atom stereocenters. The molecule has 0 atom stereocenters. The molecular formula is C18H15F2NO. The molecule has 0 radical (unpaired) electrons. The summed E-state index contributed by atoms with van der Waals surface area (Å²) < 4.78 is 28.5. The maximum atomic E-state index is 14.2. The number of alkyl halides is 2. The predicted molar refractivity (Wildman–Crippen MR) is 82.6 cm³/mol. The van der Waals surface area contributed by atoms with Crippen molar-refractivity contribution in [1.82, 2.24) is 0 Å². The monoisotopic (exact) mass is 299 g/mol. The van der Waals surface area contributed by atoms with Crippen LogP contribution in [0, 0.1) is 6.92 Å². The summed E-state index contributed by atoms with van der Waals surface area (Å²) in [6.07, 6.45) is 0. The van der Waals surface area contributed by atoms with Gasteiger partial charge in [0.15, 0.2) is 0 Å². The molecule has 1 aliphatic heterocycles. The molecule has 2 aromatic rings. The van der Waals surface area contributed by atoms with E-state index >= 15 is 0 Å².